The highest BCUT2D eigenvalue weighted by molar-refractivity contribution is 6.31. The van der Waals surface area contributed by atoms with Crippen LogP contribution in [0.4, 0.5) is 0 Å². The second kappa shape index (κ2) is 5.41. The van der Waals surface area contributed by atoms with Crippen LogP contribution in [0.2, 0.25) is 5.02 Å². The number of phenols is 1. The molecule has 1 aromatic carbocycles. The van der Waals surface area contributed by atoms with Gasteiger partial charge in [-0.2, -0.15) is 0 Å². The van der Waals surface area contributed by atoms with E-state index in [4.69, 9.17) is 11.6 Å². The van der Waals surface area contributed by atoms with E-state index in [9.17, 15) is 9.90 Å². The first-order valence-electron chi connectivity index (χ1n) is 5.92. The quantitative estimate of drug-likeness (QED) is 0.880. The summed E-state index contributed by atoms with van der Waals surface area (Å²) >= 11 is 6.00. The van der Waals surface area contributed by atoms with E-state index in [1.807, 2.05) is 4.90 Å². The summed E-state index contributed by atoms with van der Waals surface area (Å²) in [5.41, 5.74) is 0.697. The fourth-order valence-corrected chi connectivity index (χ4v) is 2.30. The summed E-state index contributed by atoms with van der Waals surface area (Å²) in [7, 11) is 0. The molecule has 0 bridgehead atoms. The third-order valence-electron chi connectivity index (χ3n) is 3.08. The van der Waals surface area contributed by atoms with E-state index in [1.165, 1.54) is 12.5 Å². The molecule has 0 saturated carbocycles. The molecule has 1 amide bonds. The summed E-state index contributed by atoms with van der Waals surface area (Å²) in [5, 5.41) is 9.91. The number of phenolic OH excluding ortho intramolecular Hbond substituents is 1. The van der Waals surface area contributed by atoms with Crippen molar-refractivity contribution in [2.24, 2.45) is 0 Å². The number of hydrogen-bond acceptors (Lipinski definition) is 2. The van der Waals surface area contributed by atoms with Gasteiger partial charge in [-0.05, 0) is 43.0 Å². The number of piperidine rings is 1. The summed E-state index contributed by atoms with van der Waals surface area (Å²) in [5.74, 6) is 0.244. The van der Waals surface area contributed by atoms with Gasteiger partial charge in [-0.1, -0.05) is 11.6 Å². The standard InChI is InChI=1S/C13H16ClNO2/c14-12-5-4-11(16)8-10(12)9-13(17)15-6-2-1-3-7-15/h4-5,8,16H,1-3,6-7,9H2. The van der Waals surface area contributed by atoms with Gasteiger partial charge >= 0.3 is 0 Å². The van der Waals surface area contributed by atoms with Crippen molar-refractivity contribution in [3.05, 3.63) is 28.8 Å². The highest BCUT2D eigenvalue weighted by Gasteiger charge is 2.17. The van der Waals surface area contributed by atoms with Crippen LogP contribution in [0.1, 0.15) is 24.8 Å². The number of halogens is 1. The first kappa shape index (κ1) is 12.2. The molecule has 17 heavy (non-hydrogen) atoms. The number of hydrogen-bond donors (Lipinski definition) is 1. The minimum Gasteiger partial charge on any atom is -0.508 e. The van der Waals surface area contributed by atoms with E-state index in [0.717, 1.165) is 25.9 Å². The number of carbonyl (C=O) groups is 1. The van der Waals surface area contributed by atoms with Crippen molar-refractivity contribution in [2.75, 3.05) is 13.1 Å². The predicted octanol–water partition coefficient (Wildman–Crippen LogP) is 2.60. The van der Waals surface area contributed by atoms with Crippen molar-refractivity contribution in [1.29, 1.82) is 0 Å². The number of amides is 1. The molecule has 1 N–H and O–H groups in total. The van der Waals surface area contributed by atoms with Gasteiger partial charge in [0.15, 0.2) is 0 Å². The Labute approximate surface area is 106 Å². The summed E-state index contributed by atoms with van der Waals surface area (Å²) in [6.45, 7) is 1.69. The molecule has 0 aromatic heterocycles. The Kier molecular flexibility index (Phi) is 3.89. The predicted molar refractivity (Wildman–Crippen MR) is 67.3 cm³/mol. The SMILES string of the molecule is O=C(Cc1cc(O)ccc1Cl)N1CCCCC1. The number of nitrogens with zero attached hydrogens (tertiary/aromatic N) is 1. The van der Waals surface area contributed by atoms with Crippen molar-refractivity contribution in [3.8, 4) is 5.75 Å². The minimum atomic E-state index is 0.0946. The van der Waals surface area contributed by atoms with Crippen molar-refractivity contribution < 1.29 is 9.90 Å². The van der Waals surface area contributed by atoms with Crippen LogP contribution < -0.4 is 0 Å². The Bertz CT molecular complexity index is 414. The van der Waals surface area contributed by atoms with Crippen molar-refractivity contribution in [3.63, 3.8) is 0 Å². The highest BCUT2D eigenvalue weighted by atomic mass is 35.5. The molecule has 92 valence electrons. The lowest BCUT2D eigenvalue weighted by Crippen LogP contribution is -2.36. The number of aromatic hydroxyl groups is 1. The lowest BCUT2D eigenvalue weighted by molar-refractivity contribution is -0.131. The number of likely N-dealkylation sites (tertiary alicyclic amines) is 1. The van der Waals surface area contributed by atoms with Gasteiger partial charge in [-0.15, -0.1) is 0 Å². The zero-order chi connectivity index (χ0) is 12.3. The molecular weight excluding hydrogens is 238 g/mol. The second-order valence-corrected chi connectivity index (χ2v) is 4.80. The van der Waals surface area contributed by atoms with Crippen LogP contribution in [0.3, 0.4) is 0 Å². The van der Waals surface area contributed by atoms with Crippen molar-refractivity contribution in [1.82, 2.24) is 4.90 Å². The van der Waals surface area contributed by atoms with Gasteiger partial charge in [0, 0.05) is 18.1 Å². The highest BCUT2D eigenvalue weighted by Crippen LogP contribution is 2.22. The Balaban J connectivity index is 2.04. The van der Waals surface area contributed by atoms with Crippen LogP contribution >= 0.6 is 11.6 Å². The number of carbonyl (C=O) groups excluding carboxylic acids is 1. The topological polar surface area (TPSA) is 40.5 Å². The van der Waals surface area contributed by atoms with Crippen LogP contribution in [-0.4, -0.2) is 29.0 Å². The number of benzene rings is 1. The maximum absolute atomic E-state index is 12.0. The average Bonchev–Trinajstić information content (AvgIpc) is 2.35. The fourth-order valence-electron chi connectivity index (χ4n) is 2.11. The lowest BCUT2D eigenvalue weighted by Gasteiger charge is -2.26. The average molecular weight is 254 g/mol. The maximum atomic E-state index is 12.0. The molecule has 0 spiro atoms. The molecule has 0 unspecified atom stereocenters. The molecular formula is C13H16ClNO2. The first-order valence-corrected chi connectivity index (χ1v) is 6.30. The third kappa shape index (κ3) is 3.13. The molecule has 1 fully saturated rings. The van der Waals surface area contributed by atoms with Gasteiger partial charge in [0.2, 0.25) is 5.91 Å². The Morgan fingerprint density at radius 1 is 1.29 bits per heavy atom. The van der Waals surface area contributed by atoms with E-state index in [2.05, 4.69) is 0 Å². The molecule has 1 aliphatic rings. The number of rotatable bonds is 2. The van der Waals surface area contributed by atoms with E-state index in [1.54, 1.807) is 12.1 Å². The first-order chi connectivity index (χ1) is 8.16. The van der Waals surface area contributed by atoms with Crippen molar-refractivity contribution in [2.45, 2.75) is 25.7 Å². The zero-order valence-corrected chi connectivity index (χ0v) is 10.4. The minimum absolute atomic E-state index is 0.0946. The fraction of sp³-hybridized carbons (Fsp3) is 0.462. The van der Waals surface area contributed by atoms with Crippen LogP contribution in [0.5, 0.6) is 5.75 Å². The van der Waals surface area contributed by atoms with Crippen LogP contribution in [0.25, 0.3) is 0 Å². The molecule has 0 atom stereocenters. The lowest BCUT2D eigenvalue weighted by atomic mass is 10.1. The zero-order valence-electron chi connectivity index (χ0n) is 9.66. The summed E-state index contributed by atoms with van der Waals surface area (Å²) in [4.78, 5) is 13.9. The van der Waals surface area contributed by atoms with Gasteiger partial charge in [0.1, 0.15) is 5.75 Å². The Morgan fingerprint density at radius 3 is 2.71 bits per heavy atom. The van der Waals surface area contributed by atoms with Gasteiger partial charge in [-0.25, -0.2) is 0 Å². The van der Waals surface area contributed by atoms with Crippen LogP contribution in [0.15, 0.2) is 18.2 Å². The van der Waals surface area contributed by atoms with E-state index >= 15 is 0 Å². The van der Waals surface area contributed by atoms with Gasteiger partial charge in [0.05, 0.1) is 6.42 Å². The van der Waals surface area contributed by atoms with Gasteiger partial charge in [0.25, 0.3) is 0 Å². The molecule has 1 aliphatic heterocycles. The largest absolute Gasteiger partial charge is 0.508 e. The van der Waals surface area contributed by atoms with E-state index in [0.29, 0.717) is 10.6 Å². The molecule has 0 radical (unpaired) electrons. The monoisotopic (exact) mass is 253 g/mol. The van der Waals surface area contributed by atoms with E-state index in [-0.39, 0.29) is 18.1 Å². The van der Waals surface area contributed by atoms with E-state index < -0.39 is 0 Å². The second-order valence-electron chi connectivity index (χ2n) is 4.39. The third-order valence-corrected chi connectivity index (χ3v) is 3.45. The summed E-state index contributed by atoms with van der Waals surface area (Å²) in [6.07, 6.45) is 3.64. The molecule has 3 nitrogen and oxygen atoms in total. The van der Waals surface area contributed by atoms with Crippen LogP contribution in [0, 0.1) is 0 Å². The Hall–Kier alpha value is -1.22. The summed E-state index contributed by atoms with van der Waals surface area (Å²) < 4.78 is 0. The van der Waals surface area contributed by atoms with Gasteiger partial charge < -0.3 is 10.0 Å². The smallest absolute Gasteiger partial charge is 0.227 e. The van der Waals surface area contributed by atoms with Crippen LogP contribution in [-0.2, 0) is 11.2 Å². The molecule has 1 aromatic rings. The Morgan fingerprint density at radius 2 is 2.00 bits per heavy atom. The van der Waals surface area contributed by atoms with Gasteiger partial charge in [-0.3, -0.25) is 4.79 Å². The molecule has 0 aliphatic carbocycles. The molecule has 1 saturated heterocycles. The molecule has 1 heterocycles. The molecule has 4 heteroatoms. The summed E-state index contributed by atoms with van der Waals surface area (Å²) in [6, 6.07) is 4.71. The van der Waals surface area contributed by atoms with Crippen molar-refractivity contribution >= 4 is 17.5 Å². The maximum Gasteiger partial charge on any atom is 0.227 e. The molecule has 2 rings (SSSR count). The normalized spacial score (nSPS) is 15.9.